The van der Waals surface area contributed by atoms with Crippen LogP contribution in [0.1, 0.15) is 65.5 Å². The SMILES string of the molecule is CC1(C)OC(=O)C=C[C@]2(C)[C@H]3CC[C@@]4(C)[C@H](c5ccoc5)OC(=O)[C@H]5O[C@]54[C@]3(C)[C@@H](O)C[C@@H]12. The van der Waals surface area contributed by atoms with E-state index in [0.29, 0.717) is 6.42 Å². The molecule has 178 valence electrons. The molecule has 33 heavy (non-hydrogen) atoms. The second kappa shape index (κ2) is 6.11. The lowest BCUT2D eigenvalue weighted by atomic mass is 9.37. The molecule has 1 aromatic rings. The van der Waals surface area contributed by atoms with Crippen molar-refractivity contribution < 1.29 is 33.3 Å². The Kier molecular flexibility index (Phi) is 3.96. The zero-order valence-corrected chi connectivity index (χ0v) is 19.8. The second-order valence-electron chi connectivity index (χ2n) is 11.9. The van der Waals surface area contributed by atoms with Gasteiger partial charge >= 0.3 is 11.9 Å². The molecule has 1 spiro atoms. The smallest absolute Gasteiger partial charge is 0.339 e. The topological polar surface area (TPSA) is 98.5 Å². The van der Waals surface area contributed by atoms with Gasteiger partial charge in [-0.05, 0) is 50.5 Å². The number of fused-ring (bicyclic) bond motifs is 3. The van der Waals surface area contributed by atoms with E-state index < -0.39 is 45.8 Å². The van der Waals surface area contributed by atoms with E-state index in [2.05, 4.69) is 20.8 Å². The van der Waals surface area contributed by atoms with Gasteiger partial charge in [0.25, 0.3) is 0 Å². The molecule has 0 bridgehead atoms. The Balaban J connectivity index is 1.52. The Morgan fingerprint density at radius 3 is 2.52 bits per heavy atom. The molecule has 7 nitrogen and oxygen atoms in total. The second-order valence-corrected chi connectivity index (χ2v) is 11.9. The zero-order chi connectivity index (χ0) is 23.6. The van der Waals surface area contributed by atoms with Crippen molar-refractivity contribution >= 4 is 11.9 Å². The summed E-state index contributed by atoms with van der Waals surface area (Å²) in [5.41, 5.74) is -2.44. The summed E-state index contributed by atoms with van der Waals surface area (Å²) in [6, 6.07) is 1.84. The standard InChI is InChI=1S/C26H32O7/c1-22(2)16-12-17(27)25(5)15(23(16,3)9-7-18(28)32-22)6-10-24(4)19(14-8-11-30-13-14)31-21(29)20-26(24,25)33-20/h7-9,11,13,15-17,19-20,27H,6,10,12H2,1-5H3/t15-,16+,17+,19+,20-,23-,24+,25+,26-/m1/s1. The van der Waals surface area contributed by atoms with Crippen LogP contribution in [0.15, 0.2) is 35.2 Å². The van der Waals surface area contributed by atoms with Crippen molar-refractivity contribution in [3.63, 3.8) is 0 Å². The Morgan fingerprint density at radius 2 is 1.82 bits per heavy atom. The predicted molar refractivity (Wildman–Crippen MR) is 116 cm³/mol. The van der Waals surface area contributed by atoms with Crippen molar-refractivity contribution in [1.29, 1.82) is 0 Å². The first-order valence-corrected chi connectivity index (χ1v) is 11.9. The van der Waals surface area contributed by atoms with Crippen molar-refractivity contribution in [3.05, 3.63) is 36.3 Å². The number of ether oxygens (including phenoxy) is 3. The summed E-state index contributed by atoms with van der Waals surface area (Å²) >= 11 is 0. The van der Waals surface area contributed by atoms with Gasteiger partial charge < -0.3 is 23.7 Å². The molecular formula is C26H32O7. The molecule has 2 saturated heterocycles. The third-order valence-corrected chi connectivity index (χ3v) is 10.2. The molecule has 2 saturated carbocycles. The van der Waals surface area contributed by atoms with E-state index in [1.165, 1.54) is 0 Å². The molecule has 7 heteroatoms. The maximum atomic E-state index is 13.1. The largest absolute Gasteiger partial charge is 0.472 e. The highest BCUT2D eigenvalue weighted by Crippen LogP contribution is 2.79. The minimum Gasteiger partial charge on any atom is -0.472 e. The average Bonchev–Trinajstić information content (AvgIpc) is 3.33. The monoisotopic (exact) mass is 456 g/mol. The van der Waals surface area contributed by atoms with E-state index in [4.69, 9.17) is 18.6 Å². The van der Waals surface area contributed by atoms with Gasteiger partial charge in [-0.25, -0.2) is 9.59 Å². The molecule has 1 aromatic heterocycles. The van der Waals surface area contributed by atoms with E-state index in [9.17, 15) is 14.7 Å². The van der Waals surface area contributed by atoms with Gasteiger partial charge in [0.1, 0.15) is 17.3 Å². The Bertz CT molecular complexity index is 1060. The lowest BCUT2D eigenvalue weighted by molar-refractivity contribution is -0.252. The van der Waals surface area contributed by atoms with Crippen molar-refractivity contribution in [2.45, 2.75) is 83.4 Å². The van der Waals surface area contributed by atoms with Crippen LogP contribution in [-0.2, 0) is 23.8 Å². The highest BCUT2D eigenvalue weighted by Gasteiger charge is 2.87. The van der Waals surface area contributed by atoms with Gasteiger partial charge in [0.2, 0.25) is 0 Å². The number of aliphatic hydroxyl groups excluding tert-OH is 1. The highest BCUT2D eigenvalue weighted by molar-refractivity contribution is 5.83. The molecule has 0 unspecified atom stereocenters. The molecule has 3 aliphatic heterocycles. The number of esters is 2. The van der Waals surface area contributed by atoms with Gasteiger partial charge in [-0.15, -0.1) is 0 Å². The zero-order valence-electron chi connectivity index (χ0n) is 19.8. The number of rotatable bonds is 1. The molecule has 1 N–H and O–H groups in total. The third-order valence-electron chi connectivity index (χ3n) is 10.2. The van der Waals surface area contributed by atoms with E-state index in [0.717, 1.165) is 18.4 Å². The predicted octanol–water partition coefficient (Wildman–Crippen LogP) is 3.72. The number of furan rings is 1. The fourth-order valence-electron chi connectivity index (χ4n) is 8.79. The number of epoxide rings is 1. The molecular weight excluding hydrogens is 424 g/mol. The van der Waals surface area contributed by atoms with Crippen LogP contribution in [0, 0.1) is 28.1 Å². The third kappa shape index (κ3) is 2.28. The van der Waals surface area contributed by atoms with Crippen molar-refractivity contribution in [3.8, 4) is 0 Å². The molecule has 2 aliphatic carbocycles. The first-order chi connectivity index (χ1) is 15.4. The van der Waals surface area contributed by atoms with Gasteiger partial charge in [-0.1, -0.05) is 26.8 Å². The number of hydrogen-bond acceptors (Lipinski definition) is 7. The van der Waals surface area contributed by atoms with E-state index in [-0.39, 0.29) is 23.8 Å². The van der Waals surface area contributed by atoms with E-state index in [1.54, 1.807) is 18.6 Å². The van der Waals surface area contributed by atoms with Crippen LogP contribution < -0.4 is 0 Å². The van der Waals surface area contributed by atoms with Crippen molar-refractivity contribution in [2.24, 2.45) is 28.1 Å². The minimum absolute atomic E-state index is 0.0160. The fraction of sp³-hybridized carbons (Fsp3) is 0.692. The van der Waals surface area contributed by atoms with Gasteiger partial charge in [-0.2, -0.15) is 0 Å². The van der Waals surface area contributed by atoms with Crippen LogP contribution in [-0.4, -0.2) is 40.5 Å². The fourth-order valence-corrected chi connectivity index (χ4v) is 8.79. The van der Waals surface area contributed by atoms with Gasteiger partial charge in [0, 0.05) is 28.4 Å². The number of allylic oxidation sites excluding steroid dienone is 1. The maximum absolute atomic E-state index is 13.1. The van der Waals surface area contributed by atoms with Crippen LogP contribution in [0.25, 0.3) is 0 Å². The Labute approximate surface area is 193 Å². The number of cyclic esters (lactones) is 2. The number of carbonyl (C=O) groups excluding carboxylic acids is 2. The summed E-state index contributed by atoms with van der Waals surface area (Å²) in [6.07, 6.45) is 6.82. The number of hydrogen-bond donors (Lipinski definition) is 1. The maximum Gasteiger partial charge on any atom is 0.339 e. The molecule has 9 atom stereocenters. The summed E-state index contributed by atoms with van der Waals surface area (Å²) in [6.45, 7) is 10.3. The number of aliphatic hydroxyl groups is 1. The van der Waals surface area contributed by atoms with Gasteiger partial charge in [0.05, 0.1) is 18.6 Å². The van der Waals surface area contributed by atoms with Crippen LogP contribution in [0.2, 0.25) is 0 Å². The van der Waals surface area contributed by atoms with E-state index in [1.807, 2.05) is 26.0 Å². The number of carbonyl (C=O) groups is 2. The summed E-state index contributed by atoms with van der Waals surface area (Å²) < 4.78 is 23.4. The van der Waals surface area contributed by atoms with Crippen LogP contribution in [0.5, 0.6) is 0 Å². The van der Waals surface area contributed by atoms with E-state index >= 15 is 0 Å². The van der Waals surface area contributed by atoms with Crippen LogP contribution in [0.3, 0.4) is 0 Å². The lowest BCUT2D eigenvalue weighted by Crippen LogP contribution is -2.72. The highest BCUT2D eigenvalue weighted by atomic mass is 16.7. The van der Waals surface area contributed by atoms with Crippen LogP contribution >= 0.6 is 0 Å². The first-order valence-electron chi connectivity index (χ1n) is 11.9. The van der Waals surface area contributed by atoms with Gasteiger partial charge in [0.15, 0.2) is 6.10 Å². The molecule has 0 amide bonds. The Morgan fingerprint density at radius 1 is 1.06 bits per heavy atom. The molecule has 0 aromatic carbocycles. The molecule has 4 fully saturated rings. The van der Waals surface area contributed by atoms with Crippen molar-refractivity contribution in [2.75, 3.05) is 0 Å². The average molecular weight is 457 g/mol. The molecule has 5 aliphatic rings. The summed E-state index contributed by atoms with van der Waals surface area (Å²) in [5.74, 6) is -0.820. The first kappa shape index (κ1) is 21.4. The Hall–Kier alpha value is -2.12. The van der Waals surface area contributed by atoms with Gasteiger partial charge in [-0.3, -0.25) is 0 Å². The summed E-state index contributed by atoms with van der Waals surface area (Å²) in [4.78, 5) is 25.5. The molecule has 0 radical (unpaired) electrons. The summed E-state index contributed by atoms with van der Waals surface area (Å²) in [7, 11) is 0. The molecule has 4 heterocycles. The lowest BCUT2D eigenvalue weighted by Gasteiger charge is -2.67. The summed E-state index contributed by atoms with van der Waals surface area (Å²) in [5, 5.41) is 11.8. The minimum atomic E-state index is -0.858. The normalized spacial score (nSPS) is 51.8. The van der Waals surface area contributed by atoms with Crippen LogP contribution in [0.4, 0.5) is 0 Å². The van der Waals surface area contributed by atoms with Crippen molar-refractivity contribution in [1.82, 2.24) is 0 Å². The molecule has 6 rings (SSSR count). The quantitative estimate of drug-likeness (QED) is 0.508.